The fraction of sp³-hybridized carbons (Fsp3) is 0.240. The van der Waals surface area contributed by atoms with Crippen molar-refractivity contribution in [3.63, 3.8) is 0 Å². The van der Waals surface area contributed by atoms with Crippen molar-refractivity contribution in [2.24, 2.45) is 5.73 Å². The Morgan fingerprint density at radius 2 is 1.58 bits per heavy atom. The van der Waals surface area contributed by atoms with Gasteiger partial charge in [-0.15, -0.1) is 0 Å². The first kappa shape index (κ1) is 20.8. The third-order valence-corrected chi connectivity index (χ3v) is 5.81. The molecular weight excluding hydrogens is 388 g/mol. The molecule has 0 saturated carbocycles. The van der Waals surface area contributed by atoms with Crippen LogP contribution in [-0.2, 0) is 4.79 Å². The second-order valence-corrected chi connectivity index (χ2v) is 7.80. The lowest BCUT2D eigenvalue weighted by Gasteiger charge is -2.33. The van der Waals surface area contributed by atoms with Gasteiger partial charge in [-0.3, -0.25) is 14.6 Å². The largest absolute Gasteiger partial charge is 0.341 e. The number of amides is 2. The van der Waals surface area contributed by atoms with Crippen LogP contribution >= 0.6 is 0 Å². The van der Waals surface area contributed by atoms with Gasteiger partial charge in [0.15, 0.2) is 0 Å². The number of hydrogen-bond donors (Lipinski definition) is 2. The molecule has 2 heterocycles. The van der Waals surface area contributed by atoms with Gasteiger partial charge in [0.2, 0.25) is 5.91 Å². The number of rotatable bonds is 5. The van der Waals surface area contributed by atoms with Gasteiger partial charge in [-0.2, -0.15) is 0 Å². The van der Waals surface area contributed by atoms with Crippen LogP contribution in [0.1, 0.15) is 46.3 Å². The monoisotopic (exact) mass is 414 g/mol. The van der Waals surface area contributed by atoms with Crippen molar-refractivity contribution < 1.29 is 9.59 Å². The maximum Gasteiger partial charge on any atom is 0.255 e. The highest BCUT2D eigenvalue weighted by Crippen LogP contribution is 2.29. The number of nitrogens with one attached hydrogen (secondary N) is 1. The molecule has 0 bridgehead atoms. The van der Waals surface area contributed by atoms with E-state index >= 15 is 0 Å². The zero-order valence-corrected chi connectivity index (χ0v) is 17.3. The summed E-state index contributed by atoms with van der Waals surface area (Å²) in [7, 11) is 0. The Labute approximate surface area is 182 Å². The predicted molar refractivity (Wildman–Crippen MR) is 121 cm³/mol. The summed E-state index contributed by atoms with van der Waals surface area (Å²) in [6.45, 7) is 1.41. The van der Waals surface area contributed by atoms with Crippen LogP contribution in [0, 0.1) is 0 Å². The first-order valence-corrected chi connectivity index (χ1v) is 10.5. The molecule has 1 unspecified atom stereocenters. The quantitative estimate of drug-likeness (QED) is 0.666. The normalized spacial score (nSPS) is 15.3. The molecule has 31 heavy (non-hydrogen) atoms. The van der Waals surface area contributed by atoms with E-state index in [1.807, 2.05) is 11.0 Å². The van der Waals surface area contributed by atoms with Gasteiger partial charge in [-0.05, 0) is 54.2 Å². The molecule has 1 saturated heterocycles. The summed E-state index contributed by atoms with van der Waals surface area (Å²) in [4.78, 5) is 31.1. The van der Waals surface area contributed by atoms with Crippen molar-refractivity contribution in [1.82, 2.24) is 9.88 Å². The first-order valence-electron chi connectivity index (χ1n) is 10.5. The number of pyridine rings is 1. The third-order valence-electron chi connectivity index (χ3n) is 5.81. The summed E-state index contributed by atoms with van der Waals surface area (Å²) in [5, 5.41) is 2.81. The molecule has 3 N–H and O–H groups in total. The number of carbonyl (C=O) groups excluding carboxylic acids is 2. The lowest BCUT2D eigenvalue weighted by Crippen LogP contribution is -2.42. The van der Waals surface area contributed by atoms with E-state index in [4.69, 9.17) is 5.73 Å². The fourth-order valence-corrected chi connectivity index (χ4v) is 3.98. The van der Waals surface area contributed by atoms with Crippen LogP contribution in [0.3, 0.4) is 0 Å². The van der Waals surface area contributed by atoms with Gasteiger partial charge in [0.05, 0.1) is 0 Å². The molecule has 1 fully saturated rings. The van der Waals surface area contributed by atoms with E-state index in [0.717, 1.165) is 12.8 Å². The number of carbonyl (C=O) groups is 2. The minimum atomic E-state index is -0.731. The Kier molecular flexibility index (Phi) is 6.38. The zero-order chi connectivity index (χ0) is 21.6. The molecule has 0 aliphatic carbocycles. The molecule has 6 heteroatoms. The van der Waals surface area contributed by atoms with Crippen molar-refractivity contribution in [3.8, 4) is 0 Å². The molecule has 6 nitrogen and oxygen atoms in total. The minimum Gasteiger partial charge on any atom is -0.341 e. The van der Waals surface area contributed by atoms with Crippen molar-refractivity contribution in [3.05, 3.63) is 95.8 Å². The number of benzene rings is 2. The number of piperidine rings is 1. The molecular formula is C25H26N4O2. The van der Waals surface area contributed by atoms with Crippen LogP contribution in [0.4, 0.5) is 5.69 Å². The van der Waals surface area contributed by atoms with E-state index in [9.17, 15) is 9.59 Å². The molecule has 0 spiro atoms. The number of hydrogen-bond acceptors (Lipinski definition) is 4. The molecule has 1 aliphatic rings. The van der Waals surface area contributed by atoms with Crippen LogP contribution in [0.15, 0.2) is 79.1 Å². The molecule has 1 atom stereocenters. The first-order chi connectivity index (χ1) is 15.1. The topological polar surface area (TPSA) is 88.3 Å². The standard InChI is InChI=1S/C25H26N4O2/c26-23(25(31)29-16-12-19(13-17-29)18-4-2-1-3-5-18)20-6-8-21(9-7-20)24(30)28-22-10-14-27-15-11-22/h1-11,14-15,19,23H,12-13,16-17,26H2,(H,27,28,30). The highest BCUT2D eigenvalue weighted by molar-refractivity contribution is 6.04. The molecule has 1 aromatic heterocycles. The van der Waals surface area contributed by atoms with Crippen molar-refractivity contribution in [1.29, 1.82) is 0 Å². The summed E-state index contributed by atoms with van der Waals surface area (Å²) < 4.78 is 0. The molecule has 1 aliphatic heterocycles. The van der Waals surface area contributed by atoms with Gasteiger partial charge >= 0.3 is 0 Å². The number of nitrogens with two attached hydrogens (primary N) is 1. The maximum absolute atomic E-state index is 12.9. The van der Waals surface area contributed by atoms with Gasteiger partial charge in [-0.25, -0.2) is 0 Å². The van der Waals surface area contributed by atoms with Crippen molar-refractivity contribution in [2.45, 2.75) is 24.8 Å². The van der Waals surface area contributed by atoms with E-state index in [2.05, 4.69) is 34.6 Å². The Hall–Kier alpha value is -3.51. The summed E-state index contributed by atoms with van der Waals surface area (Å²) >= 11 is 0. The minimum absolute atomic E-state index is 0.0690. The summed E-state index contributed by atoms with van der Waals surface area (Å²) in [5.74, 6) is 0.195. The molecule has 158 valence electrons. The Morgan fingerprint density at radius 3 is 2.23 bits per heavy atom. The lowest BCUT2D eigenvalue weighted by atomic mass is 9.89. The molecule has 3 aromatic rings. The van der Waals surface area contributed by atoms with E-state index in [-0.39, 0.29) is 11.8 Å². The van der Waals surface area contributed by atoms with Crippen LogP contribution in [0.5, 0.6) is 0 Å². The van der Waals surface area contributed by atoms with Gasteiger partial charge in [0, 0.05) is 36.7 Å². The average molecular weight is 415 g/mol. The Morgan fingerprint density at radius 1 is 0.935 bits per heavy atom. The van der Waals surface area contributed by atoms with Gasteiger partial charge in [0.25, 0.3) is 5.91 Å². The van der Waals surface area contributed by atoms with E-state index in [1.54, 1.807) is 48.8 Å². The van der Waals surface area contributed by atoms with E-state index in [0.29, 0.717) is 35.8 Å². The summed E-state index contributed by atoms with van der Waals surface area (Å²) in [6, 6.07) is 20.1. The van der Waals surface area contributed by atoms with E-state index in [1.165, 1.54) is 5.56 Å². The number of aromatic nitrogens is 1. The second kappa shape index (κ2) is 9.53. The van der Waals surface area contributed by atoms with Gasteiger partial charge in [-0.1, -0.05) is 42.5 Å². The zero-order valence-electron chi connectivity index (χ0n) is 17.3. The summed E-state index contributed by atoms with van der Waals surface area (Å²) in [5.41, 5.74) is 9.48. The Balaban J connectivity index is 1.34. The number of anilines is 1. The fourth-order valence-electron chi connectivity index (χ4n) is 3.98. The lowest BCUT2D eigenvalue weighted by molar-refractivity contribution is -0.133. The molecule has 2 aromatic carbocycles. The number of nitrogens with zero attached hydrogens (tertiary/aromatic N) is 2. The van der Waals surface area contributed by atoms with Gasteiger partial charge in [0.1, 0.15) is 6.04 Å². The van der Waals surface area contributed by atoms with E-state index < -0.39 is 6.04 Å². The number of likely N-dealkylation sites (tertiary alicyclic amines) is 1. The Bertz CT molecular complexity index is 1010. The molecule has 0 radical (unpaired) electrons. The second-order valence-electron chi connectivity index (χ2n) is 7.80. The summed E-state index contributed by atoms with van der Waals surface area (Å²) in [6.07, 6.45) is 5.12. The SMILES string of the molecule is NC(C(=O)N1CCC(c2ccccc2)CC1)c1ccc(C(=O)Nc2ccncc2)cc1. The highest BCUT2D eigenvalue weighted by Gasteiger charge is 2.27. The maximum atomic E-state index is 12.9. The van der Waals surface area contributed by atoms with Crippen LogP contribution in [-0.4, -0.2) is 34.8 Å². The van der Waals surface area contributed by atoms with Crippen LogP contribution in [0.25, 0.3) is 0 Å². The van der Waals surface area contributed by atoms with Crippen molar-refractivity contribution >= 4 is 17.5 Å². The van der Waals surface area contributed by atoms with Crippen molar-refractivity contribution in [2.75, 3.05) is 18.4 Å². The average Bonchev–Trinajstić information content (AvgIpc) is 2.84. The third kappa shape index (κ3) is 4.98. The predicted octanol–water partition coefficient (Wildman–Crippen LogP) is 3.74. The van der Waals surface area contributed by atoms with Gasteiger partial charge < -0.3 is 16.0 Å². The molecule has 2 amide bonds. The van der Waals surface area contributed by atoms with Crippen LogP contribution < -0.4 is 11.1 Å². The smallest absolute Gasteiger partial charge is 0.255 e. The molecule has 4 rings (SSSR count). The van der Waals surface area contributed by atoms with Crippen LogP contribution in [0.2, 0.25) is 0 Å². The highest BCUT2D eigenvalue weighted by atomic mass is 16.2.